The van der Waals surface area contributed by atoms with Crippen molar-refractivity contribution in [3.63, 3.8) is 0 Å². The van der Waals surface area contributed by atoms with Gasteiger partial charge in [0.25, 0.3) is 0 Å². The van der Waals surface area contributed by atoms with Crippen LogP contribution in [0.3, 0.4) is 0 Å². The fraction of sp³-hybridized carbons (Fsp3) is 0.250. The summed E-state index contributed by atoms with van der Waals surface area (Å²) in [6.45, 7) is 0. The van der Waals surface area contributed by atoms with Crippen molar-refractivity contribution in [3.8, 4) is 0 Å². The van der Waals surface area contributed by atoms with Gasteiger partial charge >= 0.3 is 0 Å². The van der Waals surface area contributed by atoms with Crippen LogP contribution in [0.25, 0.3) is 0 Å². The van der Waals surface area contributed by atoms with Crippen LogP contribution in [0.2, 0.25) is 0 Å². The lowest BCUT2D eigenvalue weighted by molar-refractivity contribution is 0.360. The van der Waals surface area contributed by atoms with Crippen LogP contribution in [-0.4, -0.2) is 30.4 Å². The minimum Gasteiger partial charge on any atom is -0.735 e. The maximum Gasteiger partial charge on any atom is 0.161 e. The highest BCUT2D eigenvalue weighted by Crippen LogP contribution is 2.56. The summed E-state index contributed by atoms with van der Waals surface area (Å²) in [5, 5.41) is 0. The molecule has 0 spiro atoms. The van der Waals surface area contributed by atoms with Crippen molar-refractivity contribution in [1.82, 2.24) is 4.31 Å². The molecular weight excluding hydrogens is 286 g/mol. The molecule has 1 aliphatic carbocycles. The highest BCUT2D eigenvalue weighted by molar-refractivity contribution is 7.83. The molecule has 0 aromatic heterocycles. The van der Waals surface area contributed by atoms with Gasteiger partial charge in [-0.25, -0.2) is 12.7 Å². The lowest BCUT2D eigenvalue weighted by Crippen LogP contribution is -2.33. The first-order chi connectivity index (χ1) is 9.96. The van der Waals surface area contributed by atoms with E-state index in [1.54, 1.807) is 0 Å². The van der Waals surface area contributed by atoms with E-state index in [0.29, 0.717) is 6.42 Å². The highest BCUT2D eigenvalue weighted by atomic mass is 32.2. The summed E-state index contributed by atoms with van der Waals surface area (Å²) in [6.07, 6.45) is 0.624. The zero-order valence-corrected chi connectivity index (χ0v) is 12.5. The number of nitrogens with zero attached hydrogens (tertiary/aromatic N) is 1. The van der Waals surface area contributed by atoms with Gasteiger partial charge < -0.3 is 4.55 Å². The molecule has 3 rings (SSSR count). The molecule has 2 aromatic carbocycles. The second-order valence-corrected chi connectivity index (χ2v) is 6.83. The quantitative estimate of drug-likeness (QED) is 0.813. The van der Waals surface area contributed by atoms with Gasteiger partial charge in [0.05, 0.1) is 0 Å². The molecule has 0 amide bonds. The van der Waals surface area contributed by atoms with Crippen LogP contribution < -0.4 is 0 Å². The Morgan fingerprint density at radius 3 is 1.81 bits per heavy atom. The third-order valence-corrected chi connectivity index (χ3v) is 5.25. The molecule has 1 unspecified atom stereocenters. The van der Waals surface area contributed by atoms with Crippen LogP contribution in [0.5, 0.6) is 0 Å². The third kappa shape index (κ3) is 2.37. The molecule has 0 heterocycles. The van der Waals surface area contributed by atoms with E-state index in [1.165, 1.54) is 7.05 Å². The third-order valence-electron chi connectivity index (χ3n) is 4.29. The molecule has 0 aliphatic heterocycles. The van der Waals surface area contributed by atoms with E-state index in [4.69, 9.17) is 0 Å². The molecule has 0 N–H and O–H groups in total. The van der Waals surface area contributed by atoms with Gasteiger partial charge in [-0.15, -0.1) is 0 Å². The Labute approximate surface area is 124 Å². The van der Waals surface area contributed by atoms with Gasteiger partial charge in [0, 0.05) is 18.5 Å². The number of rotatable bonds is 4. The van der Waals surface area contributed by atoms with E-state index in [9.17, 15) is 13.0 Å². The largest absolute Gasteiger partial charge is 0.735 e. The summed E-state index contributed by atoms with van der Waals surface area (Å²) in [5.41, 5.74) is 1.66. The van der Waals surface area contributed by atoms with Gasteiger partial charge in [-0.3, -0.25) is 0 Å². The van der Waals surface area contributed by atoms with E-state index in [1.807, 2.05) is 60.7 Å². The minimum atomic E-state index is -4.44. The van der Waals surface area contributed by atoms with Crippen LogP contribution in [0.1, 0.15) is 17.5 Å². The first-order valence-electron chi connectivity index (χ1n) is 6.76. The Bertz CT molecular complexity index is 689. The molecule has 1 aliphatic rings. The van der Waals surface area contributed by atoms with E-state index < -0.39 is 15.7 Å². The summed E-state index contributed by atoms with van der Waals surface area (Å²) in [4.78, 5) is 0. The Balaban J connectivity index is 2.08. The van der Waals surface area contributed by atoms with Crippen molar-refractivity contribution in [3.05, 3.63) is 71.8 Å². The molecule has 2 aromatic rings. The molecule has 1 atom stereocenters. The van der Waals surface area contributed by atoms with Crippen LogP contribution in [0.4, 0.5) is 0 Å². The van der Waals surface area contributed by atoms with Crippen molar-refractivity contribution >= 4 is 10.3 Å². The summed E-state index contributed by atoms with van der Waals surface area (Å²) in [6, 6.07) is 19.2. The van der Waals surface area contributed by atoms with E-state index in [-0.39, 0.29) is 6.04 Å². The average Bonchev–Trinajstić information content (AvgIpc) is 3.24. The molecule has 21 heavy (non-hydrogen) atoms. The van der Waals surface area contributed by atoms with Crippen molar-refractivity contribution in [2.45, 2.75) is 17.9 Å². The standard InChI is InChI=1S/C16H17NO3S/c1-17(21(18,19)20)15-12-16(15,13-8-4-2-5-9-13)14-10-6-3-7-11-14/h2-11,15H,12H2,1H3,(H,18,19,20)/p-1. The first-order valence-corrected chi connectivity index (χ1v) is 8.12. The Hall–Kier alpha value is -1.69. The lowest BCUT2D eigenvalue weighted by atomic mass is 9.87. The predicted molar refractivity (Wildman–Crippen MR) is 79.5 cm³/mol. The molecule has 4 nitrogen and oxygen atoms in total. The first kappa shape index (κ1) is 14.3. The fourth-order valence-electron chi connectivity index (χ4n) is 3.10. The lowest BCUT2D eigenvalue weighted by Gasteiger charge is -2.26. The van der Waals surface area contributed by atoms with Crippen LogP contribution in [0.15, 0.2) is 60.7 Å². The van der Waals surface area contributed by atoms with Gasteiger partial charge in [0.15, 0.2) is 10.3 Å². The maximum absolute atomic E-state index is 11.3. The topological polar surface area (TPSA) is 60.4 Å². The van der Waals surface area contributed by atoms with Crippen LogP contribution in [-0.2, 0) is 15.7 Å². The molecule has 1 fully saturated rings. The van der Waals surface area contributed by atoms with Crippen molar-refractivity contribution < 1.29 is 13.0 Å². The Morgan fingerprint density at radius 1 is 1.00 bits per heavy atom. The van der Waals surface area contributed by atoms with Crippen LogP contribution >= 0.6 is 0 Å². The SMILES string of the molecule is CN(C1CC1(c1ccccc1)c1ccccc1)S(=O)(=O)[O-]. The number of hydrogen-bond donors (Lipinski definition) is 0. The summed E-state index contributed by atoms with van der Waals surface area (Å²) in [7, 11) is -3.08. The second kappa shape index (κ2) is 4.94. The zero-order chi connectivity index (χ0) is 15.1. The Morgan fingerprint density at radius 2 is 1.43 bits per heavy atom. The maximum atomic E-state index is 11.3. The Kier molecular flexibility index (Phi) is 3.36. The molecule has 1 saturated carbocycles. The van der Waals surface area contributed by atoms with Crippen LogP contribution in [0, 0.1) is 0 Å². The summed E-state index contributed by atoms with van der Waals surface area (Å²) in [5.74, 6) is 0. The van der Waals surface area contributed by atoms with Crippen molar-refractivity contribution in [1.29, 1.82) is 0 Å². The second-order valence-electron chi connectivity index (χ2n) is 5.40. The summed E-state index contributed by atoms with van der Waals surface area (Å²) >= 11 is 0. The van der Waals surface area contributed by atoms with Gasteiger partial charge in [0.2, 0.25) is 0 Å². The molecule has 0 bridgehead atoms. The van der Waals surface area contributed by atoms with E-state index in [2.05, 4.69) is 0 Å². The normalized spacial score (nSPS) is 20.4. The van der Waals surface area contributed by atoms with E-state index in [0.717, 1.165) is 15.4 Å². The highest BCUT2D eigenvalue weighted by Gasteiger charge is 2.59. The van der Waals surface area contributed by atoms with Gasteiger partial charge in [-0.05, 0) is 17.5 Å². The van der Waals surface area contributed by atoms with Gasteiger partial charge in [0.1, 0.15) is 0 Å². The fourth-order valence-corrected chi connectivity index (χ4v) is 3.67. The molecule has 5 heteroatoms. The number of benzene rings is 2. The number of hydrogen-bond acceptors (Lipinski definition) is 3. The molecule has 110 valence electrons. The summed E-state index contributed by atoms with van der Waals surface area (Å²) < 4.78 is 35.0. The molecule has 0 radical (unpaired) electrons. The zero-order valence-electron chi connectivity index (χ0n) is 11.6. The van der Waals surface area contributed by atoms with Crippen molar-refractivity contribution in [2.75, 3.05) is 7.05 Å². The van der Waals surface area contributed by atoms with Gasteiger partial charge in [-0.2, -0.15) is 0 Å². The smallest absolute Gasteiger partial charge is 0.161 e. The van der Waals surface area contributed by atoms with Crippen molar-refractivity contribution in [2.24, 2.45) is 0 Å². The van der Waals surface area contributed by atoms with E-state index >= 15 is 0 Å². The number of likely N-dealkylation sites (N-methyl/N-ethyl adjacent to an activating group) is 1. The monoisotopic (exact) mass is 302 g/mol. The average molecular weight is 302 g/mol. The minimum absolute atomic E-state index is 0.329. The molecule has 0 saturated heterocycles. The van der Waals surface area contributed by atoms with Gasteiger partial charge in [-0.1, -0.05) is 60.7 Å². The predicted octanol–water partition coefficient (Wildman–Crippen LogP) is 2.14. The molecular formula is C16H16NO3S-.